The molecule has 0 aromatic rings. The molecule has 0 spiro atoms. The zero-order valence-corrected chi connectivity index (χ0v) is 24.2. The van der Waals surface area contributed by atoms with E-state index < -0.39 is 30.0 Å². The zero-order chi connectivity index (χ0) is 22.7. The fourth-order valence-corrected chi connectivity index (χ4v) is 21.3. The first-order chi connectivity index (χ1) is 14.6. The van der Waals surface area contributed by atoms with Crippen molar-refractivity contribution in [2.45, 2.75) is 137 Å². The fourth-order valence-electron chi connectivity index (χ4n) is 5.82. The van der Waals surface area contributed by atoms with Crippen LogP contribution in [0.3, 0.4) is 0 Å². The van der Waals surface area contributed by atoms with Crippen LogP contribution in [0.5, 0.6) is 0 Å². The van der Waals surface area contributed by atoms with Crippen LogP contribution in [0.15, 0.2) is 9.67 Å². The van der Waals surface area contributed by atoms with E-state index in [2.05, 4.69) is 38.7 Å². The zero-order valence-electron chi connectivity index (χ0n) is 21.3. The third-order valence-electron chi connectivity index (χ3n) is 7.42. The van der Waals surface area contributed by atoms with Crippen LogP contribution in [-0.2, 0) is 18.9 Å². The maximum atomic E-state index is 6.56. The molecule has 31 heavy (non-hydrogen) atoms. The average molecular weight is 543 g/mol. The molecule has 2 aliphatic heterocycles. The van der Waals surface area contributed by atoms with Crippen LogP contribution in [0.25, 0.3) is 0 Å². The number of fused-ring (bicyclic) bond motifs is 3. The third-order valence-corrected chi connectivity index (χ3v) is 21.8. The Labute approximate surface area is 195 Å². The first kappa shape index (κ1) is 26.0. The number of hydrogen-bond donors (Lipinski definition) is 0. The summed E-state index contributed by atoms with van der Waals surface area (Å²) in [7, 11) is 0. The Morgan fingerprint density at radius 2 is 1.35 bits per heavy atom. The van der Waals surface area contributed by atoms with Crippen molar-refractivity contribution in [3.8, 4) is 0 Å². The molecular weight excluding hydrogens is 495 g/mol. The molecule has 0 amide bonds. The summed E-state index contributed by atoms with van der Waals surface area (Å²) in [6, 6.07) is 0. The van der Waals surface area contributed by atoms with Crippen molar-refractivity contribution in [1.82, 2.24) is 0 Å². The maximum absolute atomic E-state index is 6.56. The molecule has 1 saturated carbocycles. The van der Waals surface area contributed by atoms with Crippen molar-refractivity contribution in [3.05, 3.63) is 9.67 Å². The molecule has 3 fully saturated rings. The third kappa shape index (κ3) is 6.49. The molecule has 0 aromatic carbocycles. The molecule has 4 nitrogen and oxygen atoms in total. The van der Waals surface area contributed by atoms with Gasteiger partial charge in [0.15, 0.2) is 0 Å². The molecule has 2 saturated heterocycles. The Bertz CT molecular complexity index is 593. The molecular formula is C26H48O4Sn. The molecule has 3 aliphatic rings. The van der Waals surface area contributed by atoms with E-state index >= 15 is 0 Å². The van der Waals surface area contributed by atoms with Crippen molar-refractivity contribution in [2.24, 2.45) is 5.92 Å². The van der Waals surface area contributed by atoms with E-state index in [1.54, 1.807) is 0 Å². The van der Waals surface area contributed by atoms with Gasteiger partial charge in [-0.1, -0.05) is 0 Å². The summed E-state index contributed by atoms with van der Waals surface area (Å²) in [6.45, 7) is 16.0. The summed E-state index contributed by atoms with van der Waals surface area (Å²) in [4.78, 5) is 0. The monoisotopic (exact) mass is 544 g/mol. The minimum absolute atomic E-state index is 0.0179. The van der Waals surface area contributed by atoms with Crippen molar-refractivity contribution < 1.29 is 18.9 Å². The van der Waals surface area contributed by atoms with Crippen LogP contribution in [0.1, 0.15) is 93.4 Å². The van der Waals surface area contributed by atoms with E-state index in [1.807, 2.05) is 13.8 Å². The van der Waals surface area contributed by atoms with E-state index in [9.17, 15) is 0 Å². The topological polar surface area (TPSA) is 36.9 Å². The summed E-state index contributed by atoms with van der Waals surface area (Å²) in [5.74, 6) is -0.732. The van der Waals surface area contributed by atoms with Gasteiger partial charge in [-0.25, -0.2) is 0 Å². The summed E-state index contributed by atoms with van der Waals surface area (Å²) < 4.78 is 32.9. The van der Waals surface area contributed by atoms with Gasteiger partial charge in [-0.2, -0.15) is 0 Å². The molecule has 3 rings (SSSR count). The van der Waals surface area contributed by atoms with Gasteiger partial charge in [0.05, 0.1) is 0 Å². The van der Waals surface area contributed by atoms with Crippen LogP contribution in [0.2, 0.25) is 13.3 Å². The number of unbranched alkanes of at least 4 members (excludes halogenated alkanes) is 3. The summed E-state index contributed by atoms with van der Waals surface area (Å²) in [6.07, 6.45) is 9.20. The average Bonchev–Trinajstić information content (AvgIpc) is 3.05. The van der Waals surface area contributed by atoms with E-state index in [0.717, 1.165) is 13.0 Å². The van der Waals surface area contributed by atoms with Gasteiger partial charge in [-0.3, -0.25) is 0 Å². The van der Waals surface area contributed by atoms with Crippen molar-refractivity contribution in [2.75, 3.05) is 6.61 Å². The second kappa shape index (κ2) is 10.8. The van der Waals surface area contributed by atoms with Gasteiger partial charge >= 0.3 is 196 Å². The van der Waals surface area contributed by atoms with Crippen molar-refractivity contribution in [1.29, 1.82) is 0 Å². The van der Waals surface area contributed by atoms with Crippen molar-refractivity contribution in [3.63, 3.8) is 0 Å². The molecule has 1 aliphatic carbocycles. The summed E-state index contributed by atoms with van der Waals surface area (Å²) >= 11 is -2.43. The van der Waals surface area contributed by atoms with E-state index in [4.69, 9.17) is 18.9 Å². The Morgan fingerprint density at radius 1 is 0.806 bits per heavy atom. The molecule has 2 heterocycles. The van der Waals surface area contributed by atoms with Crippen LogP contribution >= 0.6 is 0 Å². The van der Waals surface area contributed by atoms with E-state index in [0.29, 0.717) is 5.92 Å². The van der Waals surface area contributed by atoms with Gasteiger partial charge in [0, 0.05) is 0 Å². The van der Waals surface area contributed by atoms with Gasteiger partial charge in [-0.15, -0.1) is 0 Å². The van der Waals surface area contributed by atoms with E-state index in [-0.39, 0.29) is 18.3 Å². The molecule has 180 valence electrons. The Balaban J connectivity index is 1.94. The molecule has 0 bridgehead atoms. The van der Waals surface area contributed by atoms with Crippen LogP contribution in [0.4, 0.5) is 0 Å². The molecule has 0 radical (unpaired) electrons. The molecule has 5 heteroatoms. The van der Waals surface area contributed by atoms with Crippen molar-refractivity contribution >= 4 is 18.4 Å². The van der Waals surface area contributed by atoms with Crippen LogP contribution in [0, 0.1) is 5.92 Å². The van der Waals surface area contributed by atoms with Gasteiger partial charge in [0.25, 0.3) is 0 Å². The number of rotatable bonds is 10. The normalized spacial score (nSPS) is 33.3. The predicted octanol–water partition coefficient (Wildman–Crippen LogP) is 6.99. The van der Waals surface area contributed by atoms with Gasteiger partial charge in [0.1, 0.15) is 0 Å². The van der Waals surface area contributed by atoms with Crippen LogP contribution in [-0.4, -0.2) is 54.9 Å². The van der Waals surface area contributed by atoms with Crippen LogP contribution < -0.4 is 0 Å². The Hall–Kier alpha value is 0.379. The van der Waals surface area contributed by atoms with E-state index in [1.165, 1.54) is 57.4 Å². The molecule has 0 unspecified atom stereocenters. The Morgan fingerprint density at radius 3 is 1.90 bits per heavy atom. The summed E-state index contributed by atoms with van der Waals surface area (Å²) in [5.41, 5.74) is 1.53. The second-order valence-electron chi connectivity index (χ2n) is 11.2. The minimum atomic E-state index is -2.43. The first-order valence-electron chi connectivity index (χ1n) is 13.0. The number of hydrogen-bond acceptors (Lipinski definition) is 4. The second-order valence-corrected chi connectivity index (χ2v) is 24.1. The molecule has 0 aromatic heterocycles. The molecule has 0 N–H and O–H groups in total. The Kier molecular flexibility index (Phi) is 9.02. The quantitative estimate of drug-likeness (QED) is 0.279. The SMILES string of the molecule is CCC[CH2][Sn](/[CH]=C1\C[C@@H]2COC(C)(C)O[C@H]2[C@@H]2OC(C)(C)O[C@H]12)([CH2]CCC)[CH2]CCC. The first-order valence-corrected chi connectivity index (χ1v) is 20.7. The summed E-state index contributed by atoms with van der Waals surface area (Å²) in [5, 5.41) is 0. The standard InChI is InChI=1S/C14H21O4.3C4H9.Sn/c1-8-6-9-7-15-13(2,3)17-11(9)12-10(8)16-14(4,5)18-12;3*1-3-4-2;/h1,9-12H,6-7H2,2-5H3;3*1,3-4H2,2H3;/t9-,10-,11-,12-;;;;/m1..../s1. The van der Waals surface area contributed by atoms with Gasteiger partial charge in [0.2, 0.25) is 0 Å². The predicted molar refractivity (Wildman–Crippen MR) is 130 cm³/mol. The molecule has 4 atom stereocenters. The van der Waals surface area contributed by atoms with Gasteiger partial charge in [-0.05, 0) is 0 Å². The number of ether oxygens (including phenoxy) is 4. The fraction of sp³-hybridized carbons (Fsp3) is 0.923. The van der Waals surface area contributed by atoms with Gasteiger partial charge < -0.3 is 0 Å².